The molecule has 2 aliphatic heterocycles. The lowest BCUT2D eigenvalue weighted by molar-refractivity contribution is -0.0413. The van der Waals surface area contributed by atoms with Crippen LogP contribution in [0.5, 0.6) is 0 Å². The van der Waals surface area contributed by atoms with Crippen LogP contribution in [0.2, 0.25) is 37.8 Å². The van der Waals surface area contributed by atoms with Crippen molar-refractivity contribution < 1.29 is 73.5 Å². The Bertz CT molecular complexity index is 870. The van der Waals surface area contributed by atoms with Crippen molar-refractivity contribution >= 4 is 92.2 Å². The van der Waals surface area contributed by atoms with Crippen molar-refractivity contribution in [3.63, 3.8) is 0 Å². The molecule has 0 aliphatic carbocycles. The summed E-state index contributed by atoms with van der Waals surface area (Å²) in [5, 5.41) is 0. The van der Waals surface area contributed by atoms with Crippen molar-refractivity contribution in [1.29, 1.82) is 0 Å². The third-order valence-corrected chi connectivity index (χ3v) is 36.9. The van der Waals surface area contributed by atoms with Crippen molar-refractivity contribution in [2.75, 3.05) is 42.7 Å². The molecule has 0 aromatic carbocycles. The molecular weight excluding hydrogens is 791 g/mol. The molecule has 2 heterocycles. The van der Waals surface area contributed by atoms with Gasteiger partial charge in [-0.15, -0.1) is 0 Å². The second kappa shape index (κ2) is 23.6. The van der Waals surface area contributed by atoms with E-state index in [0.29, 0.717) is 18.1 Å². The summed E-state index contributed by atoms with van der Waals surface area (Å²) in [5.74, 6) is 0. The zero-order valence-corrected chi connectivity index (χ0v) is 35.5. The fourth-order valence-electron chi connectivity index (χ4n) is 3.32. The van der Waals surface area contributed by atoms with E-state index in [-0.39, 0.29) is 44.6 Å². The van der Waals surface area contributed by atoms with E-state index in [9.17, 15) is 9.59 Å². The predicted octanol–water partition coefficient (Wildman–Crippen LogP) is 3.85. The second-order valence-electron chi connectivity index (χ2n) is 9.44. The molecule has 0 radical (unpaired) electrons. The normalized spacial score (nSPS) is 29.4. The molecule has 1 unspecified atom stereocenters. The second-order valence-corrected chi connectivity index (χ2v) is 35.0. The molecule has 2 saturated heterocycles. The van der Waals surface area contributed by atoms with E-state index in [4.69, 9.17) is 63.9 Å². The van der Waals surface area contributed by atoms with Gasteiger partial charge in [-0.2, -0.15) is 0 Å². The molecule has 0 aromatic rings. The van der Waals surface area contributed by atoms with Crippen LogP contribution in [-0.2, 0) is 63.9 Å². The maximum atomic E-state index is 11.7. The highest BCUT2D eigenvalue weighted by molar-refractivity contribution is 6.89. The van der Waals surface area contributed by atoms with Gasteiger partial charge in [0.2, 0.25) is 0 Å². The van der Waals surface area contributed by atoms with Gasteiger partial charge in [-0.05, 0) is 37.8 Å². The molecule has 2 aliphatic rings. The lowest BCUT2D eigenvalue weighted by Crippen LogP contribution is -2.73. The van der Waals surface area contributed by atoms with Gasteiger partial charge in [0.15, 0.2) is 0 Å². The van der Waals surface area contributed by atoms with Gasteiger partial charge in [0.1, 0.15) is 0 Å². The topological polar surface area (TPSA) is 188 Å². The van der Waals surface area contributed by atoms with E-state index in [1.54, 1.807) is 33.5 Å². The fourth-order valence-corrected chi connectivity index (χ4v) is 34.4. The third kappa shape index (κ3) is 15.3. The van der Waals surface area contributed by atoms with Crippen molar-refractivity contribution in [2.24, 2.45) is 0 Å². The maximum Gasteiger partial charge on any atom is 0.882 e. The summed E-state index contributed by atoms with van der Waals surface area (Å²) in [6, 6.07) is 1.03. The first-order valence-electron chi connectivity index (χ1n) is 13.1. The van der Waals surface area contributed by atoms with E-state index in [2.05, 4.69) is 0 Å². The Kier molecular flexibility index (Phi) is 29.1. The fraction of sp³-hybridized carbons (Fsp3) is 1.00. The zero-order chi connectivity index (χ0) is 32.1. The summed E-state index contributed by atoms with van der Waals surface area (Å²) in [5.41, 5.74) is 0. The van der Waals surface area contributed by atoms with Crippen LogP contribution in [0, 0.1) is 0 Å². The van der Waals surface area contributed by atoms with E-state index < -0.39 is 92.2 Å². The highest BCUT2D eigenvalue weighted by Crippen LogP contribution is 2.34. The van der Waals surface area contributed by atoms with Crippen LogP contribution in [0.4, 0.5) is 0 Å². The Morgan fingerprint density at radius 3 is 1.29 bits per heavy atom. The lowest BCUT2D eigenvalue weighted by Gasteiger charge is -2.46. The minimum Gasteiger partial charge on any atom is -0.479 e. The van der Waals surface area contributed by atoms with Gasteiger partial charge in [-0.3, -0.25) is 0 Å². The van der Waals surface area contributed by atoms with Crippen molar-refractivity contribution in [2.45, 2.75) is 103 Å². The smallest absolute Gasteiger partial charge is 0.479 e. The molecule has 2 fully saturated rings. The van der Waals surface area contributed by atoms with Gasteiger partial charge in [0, 0.05) is 42.7 Å². The summed E-state index contributed by atoms with van der Waals surface area (Å²) in [4.78, 5) is 22.7. The highest BCUT2D eigenvalue weighted by Gasteiger charge is 2.71. The first-order valence-corrected chi connectivity index (χ1v) is 30.1. The van der Waals surface area contributed by atoms with Gasteiger partial charge in [0.25, 0.3) is 0 Å². The molecule has 294 valence electrons. The van der Waals surface area contributed by atoms with E-state index in [1.165, 1.54) is 42.7 Å². The summed E-state index contributed by atoms with van der Waals surface area (Å²) in [6.45, 7) is 10.4. The summed E-state index contributed by atoms with van der Waals surface area (Å²) in [7, 11) is -19.7. The molecule has 0 aromatic heterocycles. The Balaban J connectivity index is -0.00000103. The number of hydrogen-bond acceptors (Lipinski definition) is 18. The number of rotatable bonds is 11. The monoisotopic (exact) mass is 858 g/mol. The quantitative estimate of drug-likeness (QED) is 0.285. The van der Waals surface area contributed by atoms with Gasteiger partial charge >= 0.3 is 92.2 Å². The van der Waals surface area contributed by atoms with E-state index >= 15 is 0 Å². The van der Waals surface area contributed by atoms with Gasteiger partial charge in [0.05, 0.1) is 0 Å². The Hall–Kier alpha value is 1.86. The first-order chi connectivity index (χ1) is 19.4. The molecule has 48 heavy (non-hydrogen) atoms. The Morgan fingerprint density at radius 2 is 0.938 bits per heavy atom. The maximum absolute atomic E-state index is 11.7. The molecule has 2 bridgehead atoms. The minimum absolute atomic E-state index is 0. The molecular formula is C21H68Al2O18Si7. The average Bonchev–Trinajstić information content (AvgIpc) is 2.94. The SMILES string of the molecule is C.C.C.C.C.C.CC[Si@@]1(C)[O][Al]([O][Si@@](C)(O)CC)[O][Si](OC)(OC)O[Si](OC)(OC)O[Si](OC)(OC)[O][Al]2[O][Si](O)(O1)O[Si@](C)(CC)[O]2. The Morgan fingerprint density at radius 1 is 0.562 bits per heavy atom. The molecule has 27 heteroatoms. The lowest BCUT2D eigenvalue weighted by atomic mass is 11.0. The summed E-state index contributed by atoms with van der Waals surface area (Å²) >= 11 is -6.88. The van der Waals surface area contributed by atoms with Gasteiger partial charge in [-0.25, -0.2) is 0 Å². The molecule has 0 spiro atoms. The van der Waals surface area contributed by atoms with E-state index in [1.807, 2.05) is 6.92 Å². The molecule has 18 nitrogen and oxygen atoms in total. The van der Waals surface area contributed by atoms with Crippen LogP contribution in [0.25, 0.3) is 0 Å². The van der Waals surface area contributed by atoms with Crippen molar-refractivity contribution in [3.05, 3.63) is 0 Å². The van der Waals surface area contributed by atoms with Gasteiger partial charge in [-0.1, -0.05) is 65.3 Å². The van der Waals surface area contributed by atoms with Crippen LogP contribution in [0.15, 0.2) is 0 Å². The van der Waals surface area contributed by atoms with Crippen LogP contribution in [0.1, 0.15) is 65.3 Å². The van der Waals surface area contributed by atoms with Crippen LogP contribution < -0.4 is 0 Å². The number of fused-ring (bicyclic) bond motifs is 2. The molecule has 0 saturated carbocycles. The number of hydrogen-bond donors (Lipinski definition) is 2. The summed E-state index contributed by atoms with van der Waals surface area (Å²) in [6.07, 6.45) is 0. The van der Waals surface area contributed by atoms with E-state index in [0.717, 1.165) is 0 Å². The minimum atomic E-state index is -4.50. The first kappa shape index (κ1) is 59.2. The molecule has 2 N–H and O–H groups in total. The zero-order valence-electron chi connectivity index (χ0n) is 26.2. The average molecular weight is 859 g/mol. The third-order valence-electron chi connectivity index (χ3n) is 6.40. The standard InChI is InChI=1S/C6H18O10Si3.C6H17O6Si3.C3H9O2Si.6CH4.2Al/c1-9-17(7,10-2)15-19(13-5,14-6)16-18(8,11-3)12-4;1-5-13(3,7)11-15(9,10)12-14(4,8)6-2;1-3-6(2,4)5;;;;;;;;/h1-6H3;9H,5-6H2,1-4H3;4H,3H2,1-2H3;6*1H4;;/q-2;-3;-1;;;;;;;2*+3/t;13-,14+,15?;6-;;;;;;;;/m..1......../s1. The predicted molar refractivity (Wildman–Crippen MR) is 199 cm³/mol. The largest absolute Gasteiger partial charge is 0.882 e. The summed E-state index contributed by atoms with van der Waals surface area (Å²) < 4.78 is 95.4. The van der Waals surface area contributed by atoms with Gasteiger partial charge < -0.3 is 73.5 Å². The van der Waals surface area contributed by atoms with Crippen molar-refractivity contribution in [3.8, 4) is 0 Å². The molecule has 4 atom stereocenters. The van der Waals surface area contributed by atoms with Crippen LogP contribution >= 0.6 is 0 Å². The van der Waals surface area contributed by atoms with Crippen molar-refractivity contribution in [1.82, 2.24) is 0 Å². The van der Waals surface area contributed by atoms with Crippen LogP contribution in [0.3, 0.4) is 0 Å². The molecule has 2 rings (SSSR count). The highest BCUT2D eigenvalue weighted by atomic mass is 28.5. The Labute approximate surface area is 309 Å². The molecule has 0 amide bonds. The van der Waals surface area contributed by atoms with Crippen LogP contribution in [-0.4, -0.2) is 144 Å².